The van der Waals surface area contributed by atoms with E-state index in [2.05, 4.69) is 42.6 Å². The molecule has 1 aliphatic heterocycles. The van der Waals surface area contributed by atoms with E-state index in [0.29, 0.717) is 31.2 Å². The molecule has 8 heteroatoms. The number of amides is 2. The molecule has 0 aliphatic carbocycles. The first-order valence-electron chi connectivity index (χ1n) is 9.55. The van der Waals surface area contributed by atoms with Gasteiger partial charge in [0.15, 0.2) is 0 Å². The van der Waals surface area contributed by atoms with Crippen molar-refractivity contribution in [1.82, 2.24) is 35.4 Å². The van der Waals surface area contributed by atoms with Gasteiger partial charge in [0.25, 0.3) is 0 Å². The number of nitrogens with zero attached hydrogens (tertiary/aromatic N) is 5. The largest absolute Gasteiger partial charge is 0.338 e. The zero-order chi connectivity index (χ0) is 19.2. The fraction of sp³-hybridized carbons (Fsp3) is 0.350. The molecular weight excluding hydrogens is 354 g/mol. The molecule has 0 saturated carbocycles. The van der Waals surface area contributed by atoms with E-state index in [-0.39, 0.29) is 11.9 Å². The highest BCUT2D eigenvalue weighted by molar-refractivity contribution is 5.74. The van der Waals surface area contributed by atoms with Gasteiger partial charge in [-0.3, -0.25) is 10.1 Å². The first-order chi connectivity index (χ1) is 13.8. The van der Waals surface area contributed by atoms with Gasteiger partial charge in [-0.1, -0.05) is 30.3 Å². The number of carbonyl (C=O) groups is 1. The lowest BCUT2D eigenvalue weighted by molar-refractivity contribution is 0.180. The van der Waals surface area contributed by atoms with Crippen LogP contribution in [-0.4, -0.2) is 55.7 Å². The van der Waals surface area contributed by atoms with Crippen molar-refractivity contribution in [1.29, 1.82) is 0 Å². The molecule has 3 heterocycles. The number of urea groups is 1. The van der Waals surface area contributed by atoms with Crippen LogP contribution in [0.3, 0.4) is 0 Å². The molecule has 1 fully saturated rings. The highest BCUT2D eigenvalue weighted by Crippen LogP contribution is 2.26. The van der Waals surface area contributed by atoms with E-state index >= 15 is 0 Å². The Morgan fingerprint density at radius 3 is 2.75 bits per heavy atom. The van der Waals surface area contributed by atoms with Crippen LogP contribution in [0.25, 0.3) is 11.5 Å². The van der Waals surface area contributed by atoms with Crippen LogP contribution in [0.15, 0.2) is 48.9 Å². The molecule has 1 aliphatic rings. The third kappa shape index (κ3) is 4.33. The topological polar surface area (TPSA) is 99.7 Å². The summed E-state index contributed by atoms with van der Waals surface area (Å²) in [5.74, 6) is 1.68. The number of piperidine rings is 1. The van der Waals surface area contributed by atoms with E-state index in [1.807, 2.05) is 23.1 Å². The summed E-state index contributed by atoms with van der Waals surface area (Å²) in [5.41, 5.74) is 1.88. The molecule has 2 N–H and O–H groups in total. The van der Waals surface area contributed by atoms with Gasteiger partial charge in [-0.2, -0.15) is 5.10 Å². The Bertz CT molecular complexity index is 889. The van der Waals surface area contributed by atoms with Crippen LogP contribution >= 0.6 is 0 Å². The summed E-state index contributed by atoms with van der Waals surface area (Å²) in [6.45, 7) is 2.07. The maximum atomic E-state index is 12.4. The monoisotopic (exact) mass is 377 g/mol. The molecule has 0 bridgehead atoms. The van der Waals surface area contributed by atoms with E-state index < -0.39 is 0 Å². The molecule has 1 aromatic carbocycles. The molecule has 144 valence electrons. The van der Waals surface area contributed by atoms with E-state index in [0.717, 1.165) is 25.1 Å². The highest BCUT2D eigenvalue weighted by Gasteiger charge is 2.26. The van der Waals surface area contributed by atoms with Crippen molar-refractivity contribution in [3.05, 3.63) is 60.3 Å². The van der Waals surface area contributed by atoms with Crippen molar-refractivity contribution < 1.29 is 4.79 Å². The van der Waals surface area contributed by atoms with Crippen molar-refractivity contribution in [3.63, 3.8) is 0 Å². The summed E-state index contributed by atoms with van der Waals surface area (Å²) in [5, 5.41) is 10.3. The minimum atomic E-state index is 0.00667. The number of hydrogen-bond donors (Lipinski definition) is 2. The Balaban J connectivity index is 1.25. The van der Waals surface area contributed by atoms with Crippen molar-refractivity contribution in [2.24, 2.45) is 0 Å². The van der Waals surface area contributed by atoms with Gasteiger partial charge in [0.05, 0.1) is 6.20 Å². The summed E-state index contributed by atoms with van der Waals surface area (Å²) in [6.07, 6.45) is 7.46. The van der Waals surface area contributed by atoms with Crippen LogP contribution in [0.1, 0.15) is 30.1 Å². The van der Waals surface area contributed by atoms with Crippen molar-refractivity contribution >= 4 is 6.03 Å². The average molecular weight is 377 g/mol. The van der Waals surface area contributed by atoms with Crippen LogP contribution in [0, 0.1) is 0 Å². The predicted octanol–water partition coefficient (Wildman–Crippen LogP) is 2.39. The van der Waals surface area contributed by atoms with Crippen molar-refractivity contribution in [3.8, 4) is 11.5 Å². The number of H-pyrrole nitrogens is 1. The van der Waals surface area contributed by atoms with Gasteiger partial charge in [0.1, 0.15) is 11.5 Å². The third-order valence-corrected chi connectivity index (χ3v) is 5.00. The third-order valence-electron chi connectivity index (χ3n) is 5.00. The number of nitrogens with one attached hydrogen (secondary N) is 2. The van der Waals surface area contributed by atoms with Gasteiger partial charge in [-0.05, 0) is 24.8 Å². The van der Waals surface area contributed by atoms with Crippen LogP contribution < -0.4 is 5.32 Å². The molecule has 0 spiro atoms. The summed E-state index contributed by atoms with van der Waals surface area (Å²) in [4.78, 5) is 27.1. The Labute approximate surface area is 163 Å². The number of likely N-dealkylation sites (tertiary alicyclic amines) is 1. The molecule has 28 heavy (non-hydrogen) atoms. The Kier molecular flexibility index (Phi) is 5.56. The molecule has 3 aromatic rings. The van der Waals surface area contributed by atoms with Gasteiger partial charge in [0.2, 0.25) is 5.82 Å². The van der Waals surface area contributed by atoms with E-state index in [9.17, 15) is 4.79 Å². The van der Waals surface area contributed by atoms with Crippen LogP contribution in [0.2, 0.25) is 0 Å². The van der Waals surface area contributed by atoms with Gasteiger partial charge in [0, 0.05) is 37.9 Å². The molecule has 8 nitrogen and oxygen atoms in total. The number of benzene rings is 1. The first-order valence-corrected chi connectivity index (χ1v) is 9.55. The molecule has 0 radical (unpaired) electrons. The Hall–Kier alpha value is -3.29. The lowest BCUT2D eigenvalue weighted by atomic mass is 9.96. The fourth-order valence-corrected chi connectivity index (χ4v) is 3.41. The molecular formula is C20H23N7O. The lowest BCUT2D eigenvalue weighted by Gasteiger charge is -2.31. The van der Waals surface area contributed by atoms with Crippen LogP contribution in [-0.2, 0) is 6.42 Å². The SMILES string of the molecule is O=C(NCCc1ccccc1)N1CCC(c2nc(-c3cnccn3)n[nH]2)CC1. The molecule has 2 aromatic heterocycles. The maximum Gasteiger partial charge on any atom is 0.317 e. The van der Waals surface area contributed by atoms with Gasteiger partial charge >= 0.3 is 6.03 Å². The summed E-state index contributed by atoms with van der Waals surface area (Å²) in [6, 6.07) is 10.2. The summed E-state index contributed by atoms with van der Waals surface area (Å²) in [7, 11) is 0. The first kappa shape index (κ1) is 18.1. The second-order valence-electron chi connectivity index (χ2n) is 6.86. The second kappa shape index (κ2) is 8.60. The van der Waals surface area contributed by atoms with Gasteiger partial charge < -0.3 is 10.2 Å². The number of aromatic amines is 1. The van der Waals surface area contributed by atoms with E-state index in [4.69, 9.17) is 0 Å². The zero-order valence-corrected chi connectivity index (χ0v) is 15.6. The quantitative estimate of drug-likeness (QED) is 0.711. The summed E-state index contributed by atoms with van der Waals surface area (Å²) >= 11 is 0. The number of hydrogen-bond acceptors (Lipinski definition) is 5. The van der Waals surface area contributed by atoms with Crippen LogP contribution in [0.5, 0.6) is 0 Å². The van der Waals surface area contributed by atoms with Gasteiger partial charge in [-0.15, -0.1) is 0 Å². The van der Waals surface area contributed by atoms with Crippen molar-refractivity contribution in [2.45, 2.75) is 25.2 Å². The fourth-order valence-electron chi connectivity index (χ4n) is 3.41. The highest BCUT2D eigenvalue weighted by atomic mass is 16.2. The standard InChI is InChI=1S/C20H23N7O/c28-20(23-9-6-15-4-2-1-3-5-15)27-12-7-16(8-13-27)18-24-19(26-25-18)17-14-21-10-11-22-17/h1-5,10-11,14,16H,6-9,12-13H2,(H,23,28)(H,24,25,26). The van der Waals surface area contributed by atoms with Gasteiger partial charge in [-0.25, -0.2) is 14.8 Å². The Morgan fingerprint density at radius 2 is 2.00 bits per heavy atom. The second-order valence-corrected chi connectivity index (χ2v) is 6.86. The zero-order valence-electron chi connectivity index (χ0n) is 15.6. The minimum Gasteiger partial charge on any atom is -0.338 e. The maximum absolute atomic E-state index is 12.4. The molecule has 1 saturated heterocycles. The number of carbonyl (C=O) groups excluding carboxylic acids is 1. The Morgan fingerprint density at radius 1 is 1.18 bits per heavy atom. The number of aromatic nitrogens is 5. The van der Waals surface area contributed by atoms with E-state index in [1.165, 1.54) is 5.56 Å². The average Bonchev–Trinajstić information content (AvgIpc) is 3.25. The molecule has 4 rings (SSSR count). The lowest BCUT2D eigenvalue weighted by Crippen LogP contribution is -2.44. The minimum absolute atomic E-state index is 0.00667. The van der Waals surface area contributed by atoms with E-state index in [1.54, 1.807) is 18.6 Å². The number of rotatable bonds is 5. The predicted molar refractivity (Wildman–Crippen MR) is 105 cm³/mol. The van der Waals surface area contributed by atoms with Crippen molar-refractivity contribution in [2.75, 3.05) is 19.6 Å². The van der Waals surface area contributed by atoms with Crippen LogP contribution in [0.4, 0.5) is 4.79 Å². The molecule has 0 unspecified atom stereocenters. The normalized spacial score (nSPS) is 14.8. The molecule has 0 atom stereocenters. The summed E-state index contributed by atoms with van der Waals surface area (Å²) < 4.78 is 0. The smallest absolute Gasteiger partial charge is 0.317 e. The molecule has 2 amide bonds.